The van der Waals surface area contributed by atoms with Crippen LogP contribution >= 0.6 is 9.24 Å². The van der Waals surface area contributed by atoms with Crippen molar-refractivity contribution >= 4 is 9.24 Å². The molecule has 50 valence electrons. The summed E-state index contributed by atoms with van der Waals surface area (Å²) in [5, 5.41) is 0. The number of nitrogens with zero attached hydrogens (tertiary/aromatic N) is 1. The average Bonchev–Trinajstić information content (AvgIpc) is 1.83. The molecule has 0 aromatic heterocycles. The quantitative estimate of drug-likeness (QED) is 0.521. The Labute approximate surface area is 54.7 Å². The second-order valence-corrected chi connectivity index (χ2v) is 2.39. The molecule has 0 saturated carbocycles. The molecular weight excluding hydrogens is 117 g/mol. The fourth-order valence-electron chi connectivity index (χ4n) is 0.722. The normalized spacial score (nSPS) is 10.5. The van der Waals surface area contributed by atoms with Gasteiger partial charge in [-0.05, 0) is 19.3 Å². The summed E-state index contributed by atoms with van der Waals surface area (Å²) >= 11 is 0. The molecule has 0 rings (SSSR count). The van der Waals surface area contributed by atoms with E-state index in [9.17, 15) is 0 Å². The zero-order valence-electron chi connectivity index (χ0n) is 5.85. The maximum Gasteiger partial charge on any atom is 0.00157 e. The molecule has 0 bridgehead atoms. The molecule has 0 heterocycles. The lowest BCUT2D eigenvalue weighted by atomic mass is 10.5. The van der Waals surface area contributed by atoms with E-state index in [1.807, 2.05) is 0 Å². The first kappa shape index (κ1) is 8.39. The molecule has 8 heavy (non-hydrogen) atoms. The summed E-state index contributed by atoms with van der Waals surface area (Å²) in [5.41, 5.74) is 0. The Morgan fingerprint density at radius 3 is 1.88 bits per heavy atom. The number of hydrogen-bond acceptors (Lipinski definition) is 1. The van der Waals surface area contributed by atoms with Crippen LogP contribution in [0.2, 0.25) is 0 Å². The Kier molecular flexibility index (Phi) is 5.79. The fourth-order valence-corrected chi connectivity index (χ4v) is 1.09. The molecule has 1 unspecified atom stereocenters. The third-order valence-corrected chi connectivity index (χ3v) is 1.60. The largest absolute Gasteiger partial charge is 0.304 e. The van der Waals surface area contributed by atoms with Gasteiger partial charge in [0.15, 0.2) is 0 Å². The van der Waals surface area contributed by atoms with E-state index in [0.29, 0.717) is 0 Å². The molecule has 0 aliphatic rings. The van der Waals surface area contributed by atoms with Crippen LogP contribution in [0.3, 0.4) is 0 Å². The molecule has 0 amide bonds. The third-order valence-electron chi connectivity index (χ3n) is 1.34. The Morgan fingerprint density at radius 2 is 1.75 bits per heavy atom. The second kappa shape index (κ2) is 5.53. The zero-order valence-corrected chi connectivity index (χ0v) is 7.01. The van der Waals surface area contributed by atoms with Gasteiger partial charge in [-0.25, -0.2) is 0 Å². The van der Waals surface area contributed by atoms with Crippen LogP contribution in [0.4, 0.5) is 0 Å². The van der Waals surface area contributed by atoms with Crippen molar-refractivity contribution in [1.29, 1.82) is 0 Å². The molecule has 0 aromatic rings. The lowest BCUT2D eigenvalue weighted by Crippen LogP contribution is -2.24. The molecule has 0 fully saturated rings. The van der Waals surface area contributed by atoms with Gasteiger partial charge in [-0.1, -0.05) is 13.8 Å². The Morgan fingerprint density at radius 1 is 1.25 bits per heavy atom. The van der Waals surface area contributed by atoms with Crippen molar-refractivity contribution in [3.63, 3.8) is 0 Å². The maximum atomic E-state index is 2.74. The Balaban J connectivity index is 3.07. The van der Waals surface area contributed by atoms with Crippen LogP contribution in [0.15, 0.2) is 0 Å². The maximum absolute atomic E-state index is 2.74. The van der Waals surface area contributed by atoms with Crippen LogP contribution in [-0.2, 0) is 0 Å². The van der Waals surface area contributed by atoms with Gasteiger partial charge in [0.05, 0.1) is 0 Å². The third kappa shape index (κ3) is 3.40. The summed E-state index contributed by atoms with van der Waals surface area (Å²) in [4.78, 5) is 2.41. The summed E-state index contributed by atoms with van der Waals surface area (Å²) in [6.45, 7) is 7.99. The van der Waals surface area contributed by atoms with E-state index >= 15 is 0 Å². The standard InChI is InChI=1S/C6H16NP/c1-3-7(4-2)5-6-8/h3-6,8H2,1-2H3. The molecule has 1 nitrogen and oxygen atoms in total. The van der Waals surface area contributed by atoms with Gasteiger partial charge in [0, 0.05) is 6.54 Å². The minimum Gasteiger partial charge on any atom is -0.304 e. The summed E-state index contributed by atoms with van der Waals surface area (Å²) in [6.07, 6.45) is 1.20. The van der Waals surface area contributed by atoms with Crippen molar-refractivity contribution in [3.05, 3.63) is 0 Å². The van der Waals surface area contributed by atoms with Crippen LogP contribution < -0.4 is 0 Å². The highest BCUT2D eigenvalue weighted by Gasteiger charge is 1.92. The van der Waals surface area contributed by atoms with Crippen LogP contribution in [0.25, 0.3) is 0 Å². The van der Waals surface area contributed by atoms with E-state index in [4.69, 9.17) is 0 Å². The molecule has 0 aliphatic carbocycles. The van der Waals surface area contributed by atoms with Crippen molar-refractivity contribution in [1.82, 2.24) is 4.90 Å². The lowest BCUT2D eigenvalue weighted by molar-refractivity contribution is 0.324. The van der Waals surface area contributed by atoms with Crippen LogP contribution in [0.5, 0.6) is 0 Å². The molecule has 0 aliphatic heterocycles. The predicted octanol–water partition coefficient (Wildman–Crippen LogP) is 1.20. The topological polar surface area (TPSA) is 3.24 Å². The highest BCUT2D eigenvalue weighted by atomic mass is 31.0. The van der Waals surface area contributed by atoms with Gasteiger partial charge in [-0.15, -0.1) is 9.24 Å². The first-order valence-electron chi connectivity index (χ1n) is 3.27. The van der Waals surface area contributed by atoms with Gasteiger partial charge in [0.1, 0.15) is 0 Å². The molecule has 0 N–H and O–H groups in total. The van der Waals surface area contributed by atoms with E-state index in [2.05, 4.69) is 28.0 Å². The summed E-state index contributed by atoms with van der Waals surface area (Å²) < 4.78 is 0. The first-order chi connectivity index (χ1) is 3.85. The smallest absolute Gasteiger partial charge is 0.00157 e. The van der Waals surface area contributed by atoms with Gasteiger partial charge in [-0.2, -0.15) is 0 Å². The van der Waals surface area contributed by atoms with E-state index in [1.165, 1.54) is 25.8 Å². The molecule has 0 spiro atoms. The average molecular weight is 133 g/mol. The van der Waals surface area contributed by atoms with Crippen LogP contribution in [0.1, 0.15) is 13.8 Å². The van der Waals surface area contributed by atoms with E-state index in [1.54, 1.807) is 0 Å². The monoisotopic (exact) mass is 133 g/mol. The number of rotatable bonds is 4. The van der Waals surface area contributed by atoms with E-state index in [-0.39, 0.29) is 0 Å². The van der Waals surface area contributed by atoms with Gasteiger partial charge >= 0.3 is 0 Å². The van der Waals surface area contributed by atoms with Crippen molar-refractivity contribution in [2.45, 2.75) is 13.8 Å². The van der Waals surface area contributed by atoms with Crippen LogP contribution in [0, 0.1) is 0 Å². The minimum atomic E-state index is 1.19. The van der Waals surface area contributed by atoms with Gasteiger partial charge in [-0.3, -0.25) is 0 Å². The Hall–Kier alpha value is 0.390. The second-order valence-electron chi connectivity index (χ2n) is 1.82. The van der Waals surface area contributed by atoms with E-state index in [0.717, 1.165) is 0 Å². The highest BCUT2D eigenvalue weighted by molar-refractivity contribution is 7.16. The van der Waals surface area contributed by atoms with Gasteiger partial charge in [0.25, 0.3) is 0 Å². The van der Waals surface area contributed by atoms with Crippen molar-refractivity contribution < 1.29 is 0 Å². The van der Waals surface area contributed by atoms with Crippen molar-refractivity contribution in [2.75, 3.05) is 25.8 Å². The molecule has 0 aromatic carbocycles. The van der Waals surface area contributed by atoms with Gasteiger partial charge < -0.3 is 4.90 Å². The summed E-state index contributed by atoms with van der Waals surface area (Å²) in [5.74, 6) is 0. The summed E-state index contributed by atoms with van der Waals surface area (Å²) in [7, 11) is 2.74. The molecule has 0 radical (unpaired) electrons. The van der Waals surface area contributed by atoms with E-state index < -0.39 is 0 Å². The Bertz CT molecular complexity index is 43.8. The molecule has 1 atom stereocenters. The summed E-state index contributed by atoms with van der Waals surface area (Å²) in [6, 6.07) is 0. The molecule has 2 heteroatoms. The minimum absolute atomic E-state index is 1.19. The van der Waals surface area contributed by atoms with Crippen LogP contribution in [-0.4, -0.2) is 30.7 Å². The first-order valence-corrected chi connectivity index (χ1v) is 4.09. The molecule has 0 saturated heterocycles. The number of hydrogen-bond donors (Lipinski definition) is 0. The van der Waals surface area contributed by atoms with Crippen molar-refractivity contribution in [2.24, 2.45) is 0 Å². The zero-order chi connectivity index (χ0) is 6.41. The highest BCUT2D eigenvalue weighted by Crippen LogP contribution is 1.88. The lowest BCUT2D eigenvalue weighted by Gasteiger charge is -2.15. The predicted molar refractivity (Wildman–Crippen MR) is 42.4 cm³/mol. The van der Waals surface area contributed by atoms with Crippen molar-refractivity contribution in [3.8, 4) is 0 Å². The van der Waals surface area contributed by atoms with Gasteiger partial charge in [0.2, 0.25) is 0 Å². The SMILES string of the molecule is CCN(CC)CCP. The fraction of sp³-hybridized carbons (Fsp3) is 1.00. The molecular formula is C6H16NP.